The second kappa shape index (κ2) is 6.25. The molecule has 2 heterocycles. The summed E-state index contributed by atoms with van der Waals surface area (Å²) in [4.78, 5) is 25.2. The molecule has 1 aromatic carbocycles. The number of primary amides is 1. The van der Waals surface area contributed by atoms with Crippen LogP contribution in [0.1, 0.15) is 40.2 Å². The van der Waals surface area contributed by atoms with Gasteiger partial charge in [0.15, 0.2) is 5.69 Å². The first-order valence-electron chi connectivity index (χ1n) is 8.91. The molecular formula is C20H20N4O3. The van der Waals surface area contributed by atoms with Gasteiger partial charge in [-0.15, -0.1) is 0 Å². The van der Waals surface area contributed by atoms with E-state index in [0.29, 0.717) is 24.2 Å². The SMILES string of the molecule is CN1CC[C@@](O)(C#Cc2cccc(-n3nc(C(N)=O)c4c3CCC4)c2)C1=O. The maximum absolute atomic E-state index is 12.0. The van der Waals surface area contributed by atoms with Crippen molar-refractivity contribution in [3.63, 3.8) is 0 Å². The number of benzene rings is 1. The average molecular weight is 364 g/mol. The van der Waals surface area contributed by atoms with Crippen molar-refractivity contribution in [2.24, 2.45) is 5.73 Å². The van der Waals surface area contributed by atoms with Crippen LogP contribution in [0.5, 0.6) is 0 Å². The fourth-order valence-corrected chi connectivity index (χ4v) is 3.71. The molecule has 1 aliphatic carbocycles. The van der Waals surface area contributed by atoms with E-state index in [9.17, 15) is 14.7 Å². The van der Waals surface area contributed by atoms with Crippen LogP contribution in [0.4, 0.5) is 0 Å². The zero-order valence-electron chi connectivity index (χ0n) is 15.0. The molecule has 3 N–H and O–H groups in total. The summed E-state index contributed by atoms with van der Waals surface area (Å²) in [6.45, 7) is 0.485. The fourth-order valence-electron chi connectivity index (χ4n) is 3.71. The molecular weight excluding hydrogens is 344 g/mol. The minimum Gasteiger partial charge on any atom is -0.369 e. The van der Waals surface area contributed by atoms with Gasteiger partial charge in [0, 0.05) is 36.8 Å². The molecule has 1 aliphatic heterocycles. The Morgan fingerprint density at radius 1 is 1.37 bits per heavy atom. The number of aromatic nitrogens is 2. The first-order valence-corrected chi connectivity index (χ1v) is 8.91. The number of likely N-dealkylation sites (N-methyl/N-ethyl adjacent to an activating group) is 1. The molecule has 0 radical (unpaired) electrons. The van der Waals surface area contributed by atoms with Crippen molar-refractivity contribution in [3.05, 3.63) is 46.8 Å². The lowest BCUT2D eigenvalue weighted by atomic mass is 10.0. The van der Waals surface area contributed by atoms with Gasteiger partial charge in [-0.25, -0.2) is 4.68 Å². The number of aliphatic hydroxyl groups is 1. The van der Waals surface area contributed by atoms with Crippen molar-refractivity contribution < 1.29 is 14.7 Å². The van der Waals surface area contributed by atoms with Gasteiger partial charge in [0.25, 0.3) is 11.8 Å². The van der Waals surface area contributed by atoms with Gasteiger partial charge in [-0.1, -0.05) is 17.9 Å². The van der Waals surface area contributed by atoms with Gasteiger partial charge in [-0.2, -0.15) is 5.10 Å². The number of hydrogen-bond acceptors (Lipinski definition) is 4. The van der Waals surface area contributed by atoms with Crippen LogP contribution < -0.4 is 5.73 Å². The van der Waals surface area contributed by atoms with Crippen molar-refractivity contribution in [2.45, 2.75) is 31.3 Å². The van der Waals surface area contributed by atoms with Gasteiger partial charge in [0.05, 0.1) is 5.69 Å². The number of fused-ring (bicyclic) bond motifs is 1. The summed E-state index contributed by atoms with van der Waals surface area (Å²) in [6, 6.07) is 7.35. The number of rotatable bonds is 2. The topological polar surface area (TPSA) is 101 Å². The molecule has 1 fully saturated rings. The molecule has 0 bridgehead atoms. The standard InChI is InChI=1S/C20H20N4O3/c1-23-11-10-20(27,19(23)26)9-8-13-4-2-5-14(12-13)24-16-7-3-6-15(16)17(22-24)18(21)25/h2,4-5,12,27H,3,6-7,10-11H2,1H3,(H2,21,25)/t20-/m0/s1. The third-order valence-corrected chi connectivity index (χ3v) is 5.18. The van der Waals surface area contributed by atoms with Crippen LogP contribution in [0.25, 0.3) is 5.69 Å². The number of nitrogens with two attached hydrogens (primary N) is 1. The van der Waals surface area contributed by atoms with E-state index in [2.05, 4.69) is 16.9 Å². The summed E-state index contributed by atoms with van der Waals surface area (Å²) in [5.74, 6) is 4.73. The molecule has 0 unspecified atom stereocenters. The molecule has 7 heteroatoms. The van der Waals surface area contributed by atoms with E-state index in [1.807, 2.05) is 24.3 Å². The van der Waals surface area contributed by atoms with Gasteiger partial charge in [-0.05, 0) is 37.5 Å². The maximum atomic E-state index is 12.0. The Hall–Kier alpha value is -3.11. The highest BCUT2D eigenvalue weighted by molar-refractivity contribution is 5.93. The lowest BCUT2D eigenvalue weighted by Crippen LogP contribution is -2.37. The largest absolute Gasteiger partial charge is 0.369 e. The summed E-state index contributed by atoms with van der Waals surface area (Å²) in [7, 11) is 1.65. The Morgan fingerprint density at radius 3 is 2.89 bits per heavy atom. The second-order valence-electron chi connectivity index (χ2n) is 7.04. The lowest BCUT2D eigenvalue weighted by Gasteiger charge is -2.13. The summed E-state index contributed by atoms with van der Waals surface area (Å²) < 4.78 is 1.75. The van der Waals surface area contributed by atoms with Crippen molar-refractivity contribution in [1.29, 1.82) is 0 Å². The van der Waals surface area contributed by atoms with E-state index < -0.39 is 11.5 Å². The van der Waals surface area contributed by atoms with E-state index in [-0.39, 0.29) is 5.91 Å². The number of amides is 2. The molecule has 1 aromatic heterocycles. The molecule has 2 aromatic rings. The Balaban J connectivity index is 1.70. The first kappa shape index (κ1) is 17.3. The number of carbonyl (C=O) groups excluding carboxylic acids is 2. The van der Waals surface area contributed by atoms with Crippen LogP contribution in [0.2, 0.25) is 0 Å². The van der Waals surface area contributed by atoms with E-state index in [0.717, 1.165) is 36.2 Å². The molecule has 1 saturated heterocycles. The minimum absolute atomic E-state index is 0.295. The maximum Gasteiger partial charge on any atom is 0.269 e. The van der Waals surface area contributed by atoms with Gasteiger partial charge in [-0.3, -0.25) is 9.59 Å². The zero-order chi connectivity index (χ0) is 19.2. The molecule has 4 rings (SSSR count). The van der Waals surface area contributed by atoms with Crippen LogP contribution in [0.3, 0.4) is 0 Å². The van der Waals surface area contributed by atoms with Gasteiger partial charge in [0.2, 0.25) is 5.60 Å². The summed E-state index contributed by atoms with van der Waals surface area (Å²) in [6.07, 6.45) is 2.90. The van der Waals surface area contributed by atoms with Crippen molar-refractivity contribution in [2.75, 3.05) is 13.6 Å². The third kappa shape index (κ3) is 2.88. The Morgan fingerprint density at radius 2 is 2.19 bits per heavy atom. The molecule has 2 amide bonds. The molecule has 27 heavy (non-hydrogen) atoms. The van der Waals surface area contributed by atoms with Crippen LogP contribution in [-0.4, -0.2) is 50.8 Å². The van der Waals surface area contributed by atoms with E-state index in [1.165, 1.54) is 4.90 Å². The monoisotopic (exact) mass is 364 g/mol. The number of likely N-dealkylation sites (tertiary alicyclic amines) is 1. The Bertz CT molecular complexity index is 1010. The molecule has 138 valence electrons. The van der Waals surface area contributed by atoms with Crippen LogP contribution in [0, 0.1) is 11.8 Å². The highest BCUT2D eigenvalue weighted by atomic mass is 16.3. The summed E-state index contributed by atoms with van der Waals surface area (Å²) in [5, 5.41) is 14.8. The fraction of sp³-hybridized carbons (Fsp3) is 0.350. The first-order chi connectivity index (χ1) is 12.9. The van der Waals surface area contributed by atoms with Crippen molar-refractivity contribution in [3.8, 4) is 17.5 Å². The average Bonchev–Trinajstić information content (AvgIpc) is 3.32. The predicted octanol–water partition coefficient (Wildman–Crippen LogP) is 0.405. The quantitative estimate of drug-likeness (QED) is 0.754. The number of hydrogen-bond donors (Lipinski definition) is 2. The second-order valence-corrected chi connectivity index (χ2v) is 7.04. The van der Waals surface area contributed by atoms with Gasteiger partial charge >= 0.3 is 0 Å². The Labute approximate surface area is 156 Å². The summed E-state index contributed by atoms with van der Waals surface area (Å²) >= 11 is 0. The van der Waals surface area contributed by atoms with E-state index in [4.69, 9.17) is 5.73 Å². The smallest absolute Gasteiger partial charge is 0.269 e. The van der Waals surface area contributed by atoms with Crippen molar-refractivity contribution >= 4 is 11.8 Å². The molecule has 1 atom stereocenters. The molecule has 2 aliphatic rings. The highest BCUT2D eigenvalue weighted by Crippen LogP contribution is 2.28. The molecule has 0 spiro atoms. The van der Waals surface area contributed by atoms with E-state index in [1.54, 1.807) is 11.7 Å². The lowest BCUT2D eigenvalue weighted by molar-refractivity contribution is -0.137. The van der Waals surface area contributed by atoms with Crippen LogP contribution >= 0.6 is 0 Å². The number of nitrogens with zero attached hydrogens (tertiary/aromatic N) is 3. The predicted molar refractivity (Wildman–Crippen MR) is 98.2 cm³/mol. The molecule has 0 saturated carbocycles. The normalized spacial score (nSPS) is 21.1. The van der Waals surface area contributed by atoms with Crippen LogP contribution in [0.15, 0.2) is 24.3 Å². The summed E-state index contributed by atoms with van der Waals surface area (Å²) in [5.41, 5.74) is 7.52. The van der Waals surface area contributed by atoms with Gasteiger partial charge < -0.3 is 15.7 Å². The zero-order valence-corrected chi connectivity index (χ0v) is 15.0. The third-order valence-electron chi connectivity index (χ3n) is 5.18. The van der Waals surface area contributed by atoms with Crippen molar-refractivity contribution in [1.82, 2.24) is 14.7 Å². The molecule has 7 nitrogen and oxygen atoms in total. The number of carbonyl (C=O) groups is 2. The Kier molecular flexibility index (Phi) is 4.01. The van der Waals surface area contributed by atoms with E-state index >= 15 is 0 Å². The highest BCUT2D eigenvalue weighted by Gasteiger charge is 2.42. The minimum atomic E-state index is -1.63. The van der Waals surface area contributed by atoms with Gasteiger partial charge in [0.1, 0.15) is 0 Å². The van der Waals surface area contributed by atoms with Crippen LogP contribution in [-0.2, 0) is 17.6 Å².